The summed E-state index contributed by atoms with van der Waals surface area (Å²) in [6, 6.07) is 0. The van der Waals surface area contributed by atoms with Crippen molar-refractivity contribution >= 4 is 24.2 Å². The molecule has 4 heteroatoms. The van der Waals surface area contributed by atoms with Crippen molar-refractivity contribution in [2.24, 2.45) is 5.73 Å². The van der Waals surface area contributed by atoms with E-state index in [0.29, 0.717) is 6.54 Å². The van der Waals surface area contributed by atoms with E-state index in [1.807, 2.05) is 6.26 Å². The van der Waals surface area contributed by atoms with Gasteiger partial charge in [0.05, 0.1) is 6.10 Å². The van der Waals surface area contributed by atoms with E-state index in [0.717, 1.165) is 5.75 Å². The Balaban J connectivity index is 0. The zero-order valence-corrected chi connectivity index (χ0v) is 7.43. The molecule has 0 rings (SSSR count). The van der Waals surface area contributed by atoms with Crippen LogP contribution in [0.1, 0.15) is 0 Å². The van der Waals surface area contributed by atoms with E-state index < -0.39 is 0 Å². The number of hydrogen-bond acceptors (Lipinski definition) is 3. The molecule has 0 aliphatic rings. The number of methoxy groups -OCH3 is 1. The number of halogens is 1. The van der Waals surface area contributed by atoms with Gasteiger partial charge in [0.1, 0.15) is 0 Å². The topological polar surface area (TPSA) is 35.2 Å². The van der Waals surface area contributed by atoms with Gasteiger partial charge < -0.3 is 10.5 Å². The van der Waals surface area contributed by atoms with Gasteiger partial charge >= 0.3 is 0 Å². The first-order valence-electron chi connectivity index (χ1n) is 2.57. The summed E-state index contributed by atoms with van der Waals surface area (Å²) in [5.41, 5.74) is 5.33. The van der Waals surface area contributed by atoms with Gasteiger partial charge in [0, 0.05) is 19.4 Å². The van der Waals surface area contributed by atoms with Crippen LogP contribution in [0.3, 0.4) is 0 Å². The van der Waals surface area contributed by atoms with E-state index in [2.05, 4.69) is 0 Å². The molecule has 0 spiro atoms. The highest BCUT2D eigenvalue weighted by Crippen LogP contribution is 1.97. The maximum atomic E-state index is 5.33. The van der Waals surface area contributed by atoms with Crippen molar-refractivity contribution in [2.75, 3.05) is 25.7 Å². The zero-order valence-electron chi connectivity index (χ0n) is 5.79. The van der Waals surface area contributed by atoms with Crippen LogP contribution in [-0.2, 0) is 4.74 Å². The molecule has 0 heterocycles. The van der Waals surface area contributed by atoms with Crippen LogP contribution in [0.25, 0.3) is 0 Å². The Kier molecular flexibility index (Phi) is 11.7. The van der Waals surface area contributed by atoms with Gasteiger partial charge in [-0.1, -0.05) is 0 Å². The molecule has 0 aromatic carbocycles. The molecular weight excluding hydrogens is 158 g/mol. The molecule has 0 amide bonds. The van der Waals surface area contributed by atoms with Gasteiger partial charge in [0.15, 0.2) is 0 Å². The Labute approximate surface area is 66.9 Å². The number of rotatable bonds is 4. The lowest BCUT2D eigenvalue weighted by Crippen LogP contribution is -2.24. The van der Waals surface area contributed by atoms with E-state index in [1.165, 1.54) is 0 Å². The largest absolute Gasteiger partial charge is 0.379 e. The molecule has 0 aliphatic carbocycles. The van der Waals surface area contributed by atoms with E-state index in [4.69, 9.17) is 10.5 Å². The number of nitrogens with two attached hydrogens (primary N) is 1. The molecule has 0 fully saturated rings. The predicted octanol–water partition coefficient (Wildman–Crippen LogP) is 0.745. The van der Waals surface area contributed by atoms with Gasteiger partial charge in [-0.05, 0) is 6.26 Å². The van der Waals surface area contributed by atoms with E-state index in [9.17, 15) is 0 Å². The monoisotopic (exact) mass is 171 g/mol. The lowest BCUT2D eigenvalue weighted by atomic mass is 10.4. The standard InChI is InChI=1S/C5H13NOS.ClH/c1-7-5(3-6)4-8-2;/h5H,3-4,6H2,1-2H3;1H. The fraction of sp³-hybridized carbons (Fsp3) is 1.00. The lowest BCUT2D eigenvalue weighted by Gasteiger charge is -2.09. The van der Waals surface area contributed by atoms with Gasteiger partial charge in [-0.25, -0.2) is 0 Å². The predicted molar refractivity (Wildman–Crippen MR) is 45.5 cm³/mol. The van der Waals surface area contributed by atoms with Crippen molar-refractivity contribution in [3.05, 3.63) is 0 Å². The summed E-state index contributed by atoms with van der Waals surface area (Å²) in [7, 11) is 1.69. The summed E-state index contributed by atoms with van der Waals surface area (Å²) in [4.78, 5) is 0. The summed E-state index contributed by atoms with van der Waals surface area (Å²) < 4.78 is 4.99. The summed E-state index contributed by atoms with van der Waals surface area (Å²) in [5, 5.41) is 0. The van der Waals surface area contributed by atoms with Crippen molar-refractivity contribution < 1.29 is 4.74 Å². The highest BCUT2D eigenvalue weighted by Gasteiger charge is 2.00. The van der Waals surface area contributed by atoms with Crippen LogP contribution in [0.15, 0.2) is 0 Å². The molecule has 1 atom stereocenters. The molecule has 9 heavy (non-hydrogen) atoms. The van der Waals surface area contributed by atoms with Gasteiger partial charge in [-0.2, -0.15) is 11.8 Å². The Morgan fingerprint density at radius 1 is 1.67 bits per heavy atom. The summed E-state index contributed by atoms with van der Waals surface area (Å²) >= 11 is 1.75. The van der Waals surface area contributed by atoms with Crippen LogP contribution >= 0.6 is 24.2 Å². The molecule has 0 aromatic heterocycles. The van der Waals surface area contributed by atoms with Crippen molar-refractivity contribution in [1.29, 1.82) is 0 Å². The fourth-order valence-electron chi connectivity index (χ4n) is 0.418. The number of ether oxygens (including phenoxy) is 1. The maximum Gasteiger partial charge on any atom is 0.0783 e. The molecule has 0 bridgehead atoms. The first kappa shape index (κ1) is 12.3. The molecule has 1 unspecified atom stereocenters. The van der Waals surface area contributed by atoms with Crippen molar-refractivity contribution in [1.82, 2.24) is 0 Å². The summed E-state index contributed by atoms with van der Waals surface area (Å²) in [5.74, 6) is 0.993. The minimum Gasteiger partial charge on any atom is -0.379 e. The van der Waals surface area contributed by atoms with Gasteiger partial charge in [0.2, 0.25) is 0 Å². The molecule has 2 nitrogen and oxygen atoms in total. The Bertz CT molecular complexity index is 52.2. The second-order valence-electron chi connectivity index (χ2n) is 1.55. The zero-order chi connectivity index (χ0) is 6.41. The molecular formula is C5H14ClNOS. The number of thioether (sulfide) groups is 1. The summed E-state index contributed by atoms with van der Waals surface area (Å²) in [6.07, 6.45) is 2.28. The van der Waals surface area contributed by atoms with Gasteiger partial charge in [-0.3, -0.25) is 0 Å². The van der Waals surface area contributed by atoms with E-state index in [1.54, 1.807) is 18.9 Å². The second-order valence-corrected chi connectivity index (χ2v) is 2.46. The fourth-order valence-corrected chi connectivity index (χ4v) is 1.06. The Hall–Kier alpha value is 0.560. The SMILES string of the molecule is COC(CN)CSC.Cl. The van der Waals surface area contributed by atoms with Crippen LogP contribution < -0.4 is 5.73 Å². The average Bonchev–Trinajstić information content (AvgIpc) is 1.83. The van der Waals surface area contributed by atoms with Crippen molar-refractivity contribution in [3.63, 3.8) is 0 Å². The van der Waals surface area contributed by atoms with Crippen LogP contribution in [0.4, 0.5) is 0 Å². The van der Waals surface area contributed by atoms with Crippen molar-refractivity contribution in [2.45, 2.75) is 6.10 Å². The third-order valence-corrected chi connectivity index (χ3v) is 1.65. The summed E-state index contributed by atoms with van der Waals surface area (Å²) in [6.45, 7) is 0.622. The van der Waals surface area contributed by atoms with Gasteiger partial charge in [0.25, 0.3) is 0 Å². The molecule has 0 saturated heterocycles. The smallest absolute Gasteiger partial charge is 0.0783 e. The van der Waals surface area contributed by atoms with Gasteiger partial charge in [-0.15, -0.1) is 12.4 Å². The molecule has 0 radical (unpaired) electrons. The first-order chi connectivity index (χ1) is 3.85. The maximum absolute atomic E-state index is 5.33. The van der Waals surface area contributed by atoms with Crippen LogP contribution in [0.5, 0.6) is 0 Å². The highest BCUT2D eigenvalue weighted by molar-refractivity contribution is 7.98. The molecule has 0 aromatic rings. The van der Waals surface area contributed by atoms with E-state index >= 15 is 0 Å². The van der Waals surface area contributed by atoms with Crippen LogP contribution in [0, 0.1) is 0 Å². The van der Waals surface area contributed by atoms with Crippen LogP contribution in [0.2, 0.25) is 0 Å². The minimum absolute atomic E-state index is 0. The van der Waals surface area contributed by atoms with Crippen molar-refractivity contribution in [3.8, 4) is 0 Å². The molecule has 0 saturated carbocycles. The quantitative estimate of drug-likeness (QED) is 0.678. The first-order valence-corrected chi connectivity index (χ1v) is 3.96. The molecule has 0 aliphatic heterocycles. The normalized spacial score (nSPS) is 12.3. The van der Waals surface area contributed by atoms with Crippen LogP contribution in [-0.4, -0.2) is 31.8 Å². The average molecular weight is 172 g/mol. The minimum atomic E-state index is 0. The third kappa shape index (κ3) is 6.45. The second kappa shape index (κ2) is 8.56. The Morgan fingerprint density at radius 3 is 2.33 bits per heavy atom. The van der Waals surface area contributed by atoms with E-state index in [-0.39, 0.29) is 18.5 Å². The molecule has 2 N–H and O–H groups in total. The number of hydrogen-bond donors (Lipinski definition) is 1. The highest BCUT2D eigenvalue weighted by atomic mass is 35.5. The third-order valence-electron chi connectivity index (χ3n) is 0.949. The molecule has 58 valence electrons. The lowest BCUT2D eigenvalue weighted by molar-refractivity contribution is 0.129. The Morgan fingerprint density at radius 2 is 2.22 bits per heavy atom.